The Labute approximate surface area is 149 Å². The lowest BCUT2D eigenvalue weighted by Gasteiger charge is -2.19. The Balaban J connectivity index is 1.69. The van der Waals surface area contributed by atoms with Gasteiger partial charge in [-0.25, -0.2) is 17.5 Å². The molecule has 0 saturated carbocycles. The summed E-state index contributed by atoms with van der Waals surface area (Å²) in [6.45, 7) is 0.913. The van der Waals surface area contributed by atoms with Gasteiger partial charge in [0.2, 0.25) is 10.0 Å². The second-order valence-corrected chi connectivity index (χ2v) is 7.29. The van der Waals surface area contributed by atoms with Crippen LogP contribution in [-0.2, 0) is 16.4 Å². The number of carboxylic acid groups (broad SMARTS) is 1. The molecular weight excluding hydrogens is 365 g/mol. The maximum Gasteiger partial charge on any atom is 0.243 e. The number of halogens is 1. The molecule has 0 amide bonds. The summed E-state index contributed by atoms with van der Waals surface area (Å²) in [5, 5.41) is 10.8. The normalized spacial score (nSPS) is 13.4. The van der Waals surface area contributed by atoms with Crippen molar-refractivity contribution in [3.8, 4) is 11.5 Å². The average Bonchev–Trinajstić information content (AvgIpc) is 2.61. The predicted octanol–water partition coefficient (Wildman–Crippen LogP) is 0.481. The molecule has 1 aliphatic heterocycles. The number of nitrogens with one attached hydrogen (secondary N) is 1. The van der Waals surface area contributed by atoms with E-state index in [-0.39, 0.29) is 6.54 Å². The van der Waals surface area contributed by atoms with Crippen LogP contribution >= 0.6 is 0 Å². The summed E-state index contributed by atoms with van der Waals surface area (Å²) in [6.07, 6.45) is 0.331. The number of sulfonamides is 1. The number of benzene rings is 2. The van der Waals surface area contributed by atoms with Crippen LogP contribution in [0.5, 0.6) is 11.5 Å². The number of aromatic carboxylic acids is 1. The van der Waals surface area contributed by atoms with Gasteiger partial charge in [-0.1, -0.05) is 12.1 Å². The van der Waals surface area contributed by atoms with E-state index in [1.807, 2.05) is 0 Å². The second kappa shape index (κ2) is 7.30. The Bertz CT molecular complexity index is 944. The fourth-order valence-corrected chi connectivity index (χ4v) is 3.62. The minimum absolute atomic E-state index is 0.00301. The standard InChI is InChI=1S/C17H16FNO6S/c18-13-3-2-12(17(20)21)10-16(13)26(22,23)19-6-5-11-1-4-14-15(9-11)25-8-7-24-14/h1-4,9-10,19H,5-8H2,(H,20,21)/p-1. The Kier molecular flexibility index (Phi) is 5.10. The molecule has 7 nitrogen and oxygen atoms in total. The largest absolute Gasteiger partial charge is 0.545 e. The Morgan fingerprint density at radius 3 is 2.58 bits per heavy atom. The van der Waals surface area contributed by atoms with Crippen LogP contribution in [0.1, 0.15) is 15.9 Å². The van der Waals surface area contributed by atoms with Crippen molar-refractivity contribution in [1.82, 2.24) is 4.72 Å². The van der Waals surface area contributed by atoms with Crippen LogP contribution < -0.4 is 19.3 Å². The SMILES string of the molecule is O=C([O-])c1ccc(F)c(S(=O)(=O)NCCc2ccc3c(c2)OCCO3)c1. The fraction of sp³-hybridized carbons (Fsp3) is 0.235. The monoisotopic (exact) mass is 380 g/mol. The van der Waals surface area contributed by atoms with Gasteiger partial charge in [0.05, 0.1) is 5.97 Å². The molecule has 0 atom stereocenters. The Hall–Kier alpha value is -2.65. The summed E-state index contributed by atoms with van der Waals surface area (Å²) in [5.41, 5.74) is 0.388. The van der Waals surface area contributed by atoms with Crippen LogP contribution in [0.25, 0.3) is 0 Å². The van der Waals surface area contributed by atoms with Crippen molar-refractivity contribution in [2.75, 3.05) is 19.8 Å². The van der Waals surface area contributed by atoms with E-state index in [9.17, 15) is 22.7 Å². The molecule has 2 aromatic carbocycles. The Morgan fingerprint density at radius 2 is 1.85 bits per heavy atom. The zero-order chi connectivity index (χ0) is 18.7. The van der Waals surface area contributed by atoms with Crippen molar-refractivity contribution < 1.29 is 32.2 Å². The lowest BCUT2D eigenvalue weighted by molar-refractivity contribution is -0.255. The van der Waals surface area contributed by atoms with Gasteiger partial charge in [0.1, 0.15) is 23.9 Å². The third-order valence-corrected chi connectivity index (χ3v) is 5.24. The van der Waals surface area contributed by atoms with Crippen molar-refractivity contribution in [3.63, 3.8) is 0 Å². The van der Waals surface area contributed by atoms with Crippen LogP contribution in [-0.4, -0.2) is 34.1 Å². The first-order chi connectivity index (χ1) is 12.4. The Morgan fingerprint density at radius 1 is 1.12 bits per heavy atom. The van der Waals surface area contributed by atoms with E-state index < -0.39 is 32.3 Å². The van der Waals surface area contributed by atoms with Crippen LogP contribution in [0.2, 0.25) is 0 Å². The van der Waals surface area contributed by atoms with E-state index in [1.165, 1.54) is 0 Å². The number of carbonyl (C=O) groups is 1. The zero-order valence-electron chi connectivity index (χ0n) is 13.5. The summed E-state index contributed by atoms with van der Waals surface area (Å²) in [5.74, 6) is -1.41. The number of hydrogen-bond acceptors (Lipinski definition) is 6. The lowest BCUT2D eigenvalue weighted by atomic mass is 10.1. The third-order valence-electron chi connectivity index (χ3n) is 3.77. The van der Waals surface area contributed by atoms with Gasteiger partial charge < -0.3 is 19.4 Å². The van der Waals surface area contributed by atoms with Gasteiger partial charge in [-0.2, -0.15) is 0 Å². The van der Waals surface area contributed by atoms with Gasteiger partial charge in [0, 0.05) is 6.54 Å². The molecule has 0 aromatic heterocycles. The third kappa shape index (κ3) is 3.94. The number of carbonyl (C=O) groups excluding carboxylic acids is 1. The first kappa shape index (κ1) is 18.2. The van der Waals surface area contributed by atoms with Crippen molar-refractivity contribution in [1.29, 1.82) is 0 Å². The smallest absolute Gasteiger partial charge is 0.243 e. The highest BCUT2D eigenvalue weighted by molar-refractivity contribution is 7.89. The molecule has 0 unspecified atom stereocenters. The number of rotatable bonds is 6. The molecule has 0 spiro atoms. The van der Waals surface area contributed by atoms with Gasteiger partial charge in [0.15, 0.2) is 11.5 Å². The van der Waals surface area contributed by atoms with Gasteiger partial charge >= 0.3 is 0 Å². The number of carboxylic acids is 1. The number of hydrogen-bond donors (Lipinski definition) is 1. The molecule has 1 N–H and O–H groups in total. The van der Waals surface area contributed by atoms with Gasteiger partial charge in [-0.3, -0.25) is 0 Å². The summed E-state index contributed by atoms with van der Waals surface area (Å²) in [4.78, 5) is 10.1. The first-order valence-electron chi connectivity index (χ1n) is 7.76. The van der Waals surface area contributed by atoms with Gasteiger partial charge in [-0.05, 0) is 41.8 Å². The molecule has 1 aliphatic rings. The highest BCUT2D eigenvalue weighted by Crippen LogP contribution is 2.30. The number of fused-ring (bicyclic) bond motifs is 1. The summed E-state index contributed by atoms with van der Waals surface area (Å²) >= 11 is 0. The first-order valence-corrected chi connectivity index (χ1v) is 9.24. The van der Waals surface area contributed by atoms with Crippen LogP contribution in [0, 0.1) is 5.82 Å². The lowest BCUT2D eigenvalue weighted by Crippen LogP contribution is -2.28. The van der Waals surface area contributed by atoms with Crippen LogP contribution in [0.15, 0.2) is 41.3 Å². The molecule has 3 rings (SSSR count). The van der Waals surface area contributed by atoms with E-state index in [1.54, 1.807) is 18.2 Å². The van der Waals surface area contributed by atoms with E-state index in [0.29, 0.717) is 31.1 Å². The molecule has 9 heteroatoms. The summed E-state index contributed by atoms with van der Waals surface area (Å²) < 4.78 is 51.4. The molecule has 0 radical (unpaired) electrons. The topological polar surface area (TPSA) is 105 Å². The minimum Gasteiger partial charge on any atom is -0.545 e. The summed E-state index contributed by atoms with van der Waals surface area (Å²) in [7, 11) is -4.21. The van der Waals surface area contributed by atoms with E-state index in [2.05, 4.69) is 4.72 Å². The maximum absolute atomic E-state index is 13.8. The molecule has 138 valence electrons. The van der Waals surface area contributed by atoms with Gasteiger partial charge in [-0.15, -0.1) is 0 Å². The number of ether oxygens (including phenoxy) is 2. The fourth-order valence-electron chi connectivity index (χ4n) is 2.49. The second-order valence-electron chi connectivity index (χ2n) is 5.56. The molecule has 0 aliphatic carbocycles. The molecule has 0 bridgehead atoms. The molecule has 1 heterocycles. The van der Waals surface area contributed by atoms with Crippen LogP contribution in [0.3, 0.4) is 0 Å². The van der Waals surface area contributed by atoms with Gasteiger partial charge in [0.25, 0.3) is 0 Å². The van der Waals surface area contributed by atoms with E-state index >= 15 is 0 Å². The summed E-state index contributed by atoms with van der Waals surface area (Å²) in [6, 6.07) is 7.72. The van der Waals surface area contributed by atoms with E-state index in [4.69, 9.17) is 9.47 Å². The average molecular weight is 380 g/mol. The van der Waals surface area contributed by atoms with Crippen LogP contribution in [0.4, 0.5) is 4.39 Å². The maximum atomic E-state index is 13.8. The molecule has 26 heavy (non-hydrogen) atoms. The molecule has 0 saturated heterocycles. The highest BCUT2D eigenvalue weighted by Gasteiger charge is 2.20. The quantitative estimate of drug-likeness (QED) is 0.782. The molecule has 2 aromatic rings. The predicted molar refractivity (Wildman–Crippen MR) is 87.1 cm³/mol. The van der Waals surface area contributed by atoms with Crippen molar-refractivity contribution in [2.45, 2.75) is 11.3 Å². The van der Waals surface area contributed by atoms with Crippen molar-refractivity contribution >= 4 is 16.0 Å². The van der Waals surface area contributed by atoms with Crippen molar-refractivity contribution in [2.24, 2.45) is 0 Å². The minimum atomic E-state index is -4.21. The molecular formula is C17H15FNO6S-. The zero-order valence-corrected chi connectivity index (χ0v) is 14.3. The highest BCUT2D eigenvalue weighted by atomic mass is 32.2. The van der Waals surface area contributed by atoms with Crippen molar-refractivity contribution in [3.05, 3.63) is 53.3 Å². The van der Waals surface area contributed by atoms with E-state index in [0.717, 1.165) is 23.8 Å². The molecule has 0 fully saturated rings.